The summed E-state index contributed by atoms with van der Waals surface area (Å²) in [6.45, 7) is 2.32. The van der Waals surface area contributed by atoms with E-state index >= 15 is 0 Å². The largest absolute Gasteiger partial charge is 0.496 e. The molecule has 1 aliphatic rings. The topological polar surface area (TPSA) is 96.7 Å². The van der Waals surface area contributed by atoms with Gasteiger partial charge in [-0.15, -0.1) is 11.8 Å². The van der Waals surface area contributed by atoms with Crippen molar-refractivity contribution in [3.8, 4) is 11.6 Å². The van der Waals surface area contributed by atoms with Gasteiger partial charge in [-0.1, -0.05) is 43.7 Å². The van der Waals surface area contributed by atoms with E-state index in [9.17, 15) is 14.7 Å². The number of hydrogen-bond acceptors (Lipinski definition) is 6. The van der Waals surface area contributed by atoms with Crippen molar-refractivity contribution in [2.45, 2.75) is 42.9 Å². The van der Waals surface area contributed by atoms with E-state index in [4.69, 9.17) is 9.73 Å². The number of methoxy groups -OCH3 is 1. The number of aromatic nitrogens is 2. The smallest absolute Gasteiger partial charge is 0.331 e. The molecule has 1 atom stereocenters. The normalized spacial score (nSPS) is 15.6. The van der Waals surface area contributed by atoms with Crippen molar-refractivity contribution in [1.29, 1.82) is 0 Å². The second-order valence-corrected chi connectivity index (χ2v) is 8.79. The standard InChI is InChI=1S/C24H25N3O4S/c1-3-4-13-27-23(29)21(22(28)26-24(27)30)17-14-20(15-9-5-7-11-18(15)31-2)32-19-12-8-6-10-16(19)25-17/h5-12,20,29H,3-4,13-14H2,1-2H3,(H,26,28,30). The van der Waals surface area contributed by atoms with Crippen LogP contribution in [0, 0.1) is 0 Å². The zero-order valence-electron chi connectivity index (χ0n) is 18.0. The number of ether oxygens (including phenoxy) is 1. The number of aromatic hydroxyl groups is 1. The van der Waals surface area contributed by atoms with Gasteiger partial charge in [-0.25, -0.2) is 4.79 Å². The quantitative estimate of drug-likeness (QED) is 0.579. The third-order valence-electron chi connectivity index (χ3n) is 5.45. The summed E-state index contributed by atoms with van der Waals surface area (Å²) in [5, 5.41) is 10.8. The van der Waals surface area contributed by atoms with Crippen molar-refractivity contribution in [3.05, 3.63) is 80.5 Å². The predicted molar refractivity (Wildman–Crippen MR) is 127 cm³/mol. The molecule has 0 aliphatic carbocycles. The average molecular weight is 452 g/mol. The molecule has 0 fully saturated rings. The highest BCUT2D eigenvalue weighted by Crippen LogP contribution is 2.47. The number of para-hydroxylation sites is 2. The molecule has 8 heteroatoms. The minimum atomic E-state index is -0.637. The molecule has 0 bridgehead atoms. The fourth-order valence-electron chi connectivity index (χ4n) is 3.82. The van der Waals surface area contributed by atoms with Crippen molar-refractivity contribution in [2.75, 3.05) is 7.11 Å². The second kappa shape index (κ2) is 9.48. The first-order chi connectivity index (χ1) is 15.5. The zero-order valence-corrected chi connectivity index (χ0v) is 18.8. The number of aliphatic imine (C=N–C) groups is 1. The lowest BCUT2D eigenvalue weighted by Gasteiger charge is -2.19. The molecule has 1 aromatic heterocycles. The van der Waals surface area contributed by atoms with Gasteiger partial charge in [0.2, 0.25) is 5.88 Å². The number of unbranched alkanes of at least 4 members (excludes halogenated alkanes) is 1. The Morgan fingerprint density at radius 2 is 1.94 bits per heavy atom. The number of fused-ring (bicyclic) bond motifs is 1. The Bertz CT molecular complexity index is 1280. The zero-order chi connectivity index (χ0) is 22.7. The Morgan fingerprint density at radius 3 is 2.72 bits per heavy atom. The molecule has 0 saturated carbocycles. The Balaban J connectivity index is 1.89. The summed E-state index contributed by atoms with van der Waals surface area (Å²) in [5.74, 6) is 0.406. The van der Waals surface area contributed by atoms with E-state index in [1.807, 2.05) is 55.5 Å². The first-order valence-corrected chi connectivity index (χ1v) is 11.4. The van der Waals surface area contributed by atoms with Crippen LogP contribution in [-0.2, 0) is 6.54 Å². The van der Waals surface area contributed by atoms with E-state index < -0.39 is 11.2 Å². The molecule has 166 valence electrons. The fourth-order valence-corrected chi connectivity index (χ4v) is 5.08. The third kappa shape index (κ3) is 4.23. The van der Waals surface area contributed by atoms with Gasteiger partial charge in [-0.3, -0.25) is 19.3 Å². The molecule has 3 aromatic rings. The molecule has 2 N–H and O–H groups in total. The number of H-pyrrole nitrogens is 1. The monoisotopic (exact) mass is 451 g/mol. The lowest BCUT2D eigenvalue weighted by Crippen LogP contribution is -2.34. The molecule has 0 radical (unpaired) electrons. The Kier molecular flexibility index (Phi) is 6.50. The molecule has 1 unspecified atom stereocenters. The number of benzene rings is 2. The third-order valence-corrected chi connectivity index (χ3v) is 6.75. The van der Waals surface area contributed by atoms with Crippen LogP contribution in [0.15, 0.2) is 68.0 Å². The van der Waals surface area contributed by atoms with Gasteiger partial charge in [0, 0.05) is 28.7 Å². The van der Waals surface area contributed by atoms with Crippen LogP contribution in [0.2, 0.25) is 0 Å². The summed E-state index contributed by atoms with van der Waals surface area (Å²) in [5.41, 5.74) is 0.909. The number of thioether (sulfide) groups is 1. The highest BCUT2D eigenvalue weighted by Gasteiger charge is 2.28. The molecule has 1 aliphatic heterocycles. The van der Waals surface area contributed by atoms with Crippen LogP contribution in [0.4, 0.5) is 5.69 Å². The van der Waals surface area contributed by atoms with E-state index in [-0.39, 0.29) is 16.7 Å². The first-order valence-electron chi connectivity index (χ1n) is 10.6. The van der Waals surface area contributed by atoms with Crippen molar-refractivity contribution in [3.63, 3.8) is 0 Å². The molecule has 7 nitrogen and oxygen atoms in total. The van der Waals surface area contributed by atoms with Gasteiger partial charge in [0.1, 0.15) is 11.3 Å². The molecular formula is C24H25N3O4S. The summed E-state index contributed by atoms with van der Waals surface area (Å²) in [7, 11) is 1.63. The SMILES string of the molecule is CCCCn1c(O)c(C2=Nc3ccccc3SC(c3ccccc3OC)C2)c(=O)[nH]c1=O. The Labute approximate surface area is 189 Å². The number of nitrogens with zero attached hydrogens (tertiary/aromatic N) is 2. The number of aromatic amines is 1. The van der Waals surface area contributed by atoms with Gasteiger partial charge in [0.25, 0.3) is 5.56 Å². The summed E-state index contributed by atoms with van der Waals surface area (Å²) in [6.07, 6.45) is 1.93. The molecule has 0 spiro atoms. The lowest BCUT2D eigenvalue weighted by molar-refractivity contribution is 0.394. The van der Waals surface area contributed by atoms with Gasteiger partial charge in [-0.05, 0) is 24.6 Å². The van der Waals surface area contributed by atoms with Crippen molar-refractivity contribution < 1.29 is 9.84 Å². The van der Waals surface area contributed by atoms with Crippen molar-refractivity contribution >= 4 is 23.2 Å². The van der Waals surface area contributed by atoms with E-state index in [1.165, 1.54) is 4.57 Å². The van der Waals surface area contributed by atoms with E-state index in [2.05, 4.69) is 4.98 Å². The van der Waals surface area contributed by atoms with Gasteiger partial charge < -0.3 is 9.84 Å². The fraction of sp³-hybridized carbons (Fsp3) is 0.292. The van der Waals surface area contributed by atoms with Crippen LogP contribution in [0.3, 0.4) is 0 Å². The van der Waals surface area contributed by atoms with Crippen LogP contribution in [-0.4, -0.2) is 27.5 Å². The maximum absolute atomic E-state index is 12.8. The summed E-state index contributed by atoms with van der Waals surface area (Å²) in [4.78, 5) is 33.3. The summed E-state index contributed by atoms with van der Waals surface area (Å²) in [6, 6.07) is 15.4. The highest BCUT2D eigenvalue weighted by atomic mass is 32.2. The second-order valence-electron chi connectivity index (χ2n) is 7.54. The molecule has 4 rings (SSSR count). The van der Waals surface area contributed by atoms with Gasteiger partial charge in [-0.2, -0.15) is 0 Å². The highest BCUT2D eigenvalue weighted by molar-refractivity contribution is 7.99. The Hall–Kier alpha value is -3.26. The van der Waals surface area contributed by atoms with E-state index in [1.54, 1.807) is 18.9 Å². The predicted octanol–water partition coefficient (Wildman–Crippen LogP) is 4.41. The lowest BCUT2D eigenvalue weighted by atomic mass is 10.0. The van der Waals surface area contributed by atoms with Crippen molar-refractivity contribution in [1.82, 2.24) is 9.55 Å². The molecular weight excluding hydrogens is 426 g/mol. The number of nitrogens with one attached hydrogen (secondary N) is 1. The maximum atomic E-state index is 12.8. The summed E-state index contributed by atoms with van der Waals surface area (Å²) < 4.78 is 6.79. The average Bonchev–Trinajstić information content (AvgIpc) is 2.98. The van der Waals surface area contributed by atoms with Crippen LogP contribution >= 0.6 is 11.8 Å². The molecule has 2 aromatic carbocycles. The minimum absolute atomic E-state index is 0.0397. The van der Waals surface area contributed by atoms with Crippen LogP contribution in [0.25, 0.3) is 0 Å². The molecule has 0 amide bonds. The molecule has 32 heavy (non-hydrogen) atoms. The van der Waals surface area contributed by atoms with E-state index in [0.29, 0.717) is 25.1 Å². The van der Waals surface area contributed by atoms with Gasteiger partial charge in [0.15, 0.2) is 0 Å². The maximum Gasteiger partial charge on any atom is 0.331 e. The van der Waals surface area contributed by atoms with Crippen LogP contribution in [0.5, 0.6) is 11.6 Å². The minimum Gasteiger partial charge on any atom is -0.496 e. The summed E-state index contributed by atoms with van der Waals surface area (Å²) >= 11 is 1.63. The van der Waals surface area contributed by atoms with Gasteiger partial charge in [0.05, 0.1) is 18.5 Å². The van der Waals surface area contributed by atoms with Gasteiger partial charge >= 0.3 is 5.69 Å². The first kappa shape index (κ1) is 22.0. The Morgan fingerprint density at radius 1 is 1.19 bits per heavy atom. The molecule has 2 heterocycles. The molecule has 0 saturated heterocycles. The van der Waals surface area contributed by atoms with Crippen LogP contribution < -0.4 is 16.0 Å². The number of hydrogen-bond donors (Lipinski definition) is 2. The van der Waals surface area contributed by atoms with Crippen molar-refractivity contribution in [2.24, 2.45) is 4.99 Å². The number of rotatable bonds is 6. The van der Waals surface area contributed by atoms with E-state index in [0.717, 1.165) is 28.3 Å². The van der Waals surface area contributed by atoms with Crippen LogP contribution in [0.1, 0.15) is 42.6 Å².